The highest BCUT2D eigenvalue weighted by Crippen LogP contribution is 2.01. The van der Waals surface area contributed by atoms with Gasteiger partial charge in [-0.25, -0.2) is 0 Å². The Hall–Kier alpha value is -0.460. The van der Waals surface area contributed by atoms with Crippen LogP contribution in [0.25, 0.3) is 0 Å². The van der Waals surface area contributed by atoms with E-state index >= 15 is 0 Å². The van der Waals surface area contributed by atoms with Crippen molar-refractivity contribution in [3.05, 3.63) is 12.3 Å². The number of allylic oxidation sites excluding steroid dienone is 1. The van der Waals surface area contributed by atoms with Gasteiger partial charge in [0.1, 0.15) is 0 Å². The molecule has 0 saturated heterocycles. The molecular formula is C10H20O. The molecule has 66 valence electrons. The summed E-state index contributed by atoms with van der Waals surface area (Å²) in [7, 11) is 0. The van der Waals surface area contributed by atoms with E-state index in [1.807, 2.05) is 6.26 Å². The first kappa shape index (κ1) is 10.5. The van der Waals surface area contributed by atoms with E-state index in [2.05, 4.69) is 26.8 Å². The molecule has 11 heavy (non-hydrogen) atoms. The lowest BCUT2D eigenvalue weighted by Gasteiger charge is -2.01. The van der Waals surface area contributed by atoms with Gasteiger partial charge >= 0.3 is 0 Å². The predicted octanol–water partition coefficient (Wildman–Crippen LogP) is 3.36. The lowest BCUT2D eigenvalue weighted by atomic mass is 10.1. The van der Waals surface area contributed by atoms with Gasteiger partial charge in [0.2, 0.25) is 0 Å². The van der Waals surface area contributed by atoms with Crippen molar-refractivity contribution in [3.8, 4) is 0 Å². The molecule has 0 fully saturated rings. The highest BCUT2D eigenvalue weighted by molar-refractivity contribution is 4.78. The van der Waals surface area contributed by atoms with E-state index in [4.69, 9.17) is 4.74 Å². The van der Waals surface area contributed by atoms with Gasteiger partial charge in [-0.05, 0) is 24.8 Å². The number of hydrogen-bond donors (Lipinski definition) is 0. The normalized spacial score (nSPS) is 13.7. The third-order valence-corrected chi connectivity index (χ3v) is 1.76. The topological polar surface area (TPSA) is 9.23 Å². The van der Waals surface area contributed by atoms with Crippen molar-refractivity contribution in [2.24, 2.45) is 5.92 Å². The summed E-state index contributed by atoms with van der Waals surface area (Å²) < 4.78 is 5.27. The lowest BCUT2D eigenvalue weighted by Crippen LogP contribution is -1.88. The fourth-order valence-electron chi connectivity index (χ4n) is 0.621. The average Bonchev–Trinajstić information content (AvgIpc) is 2.04. The summed E-state index contributed by atoms with van der Waals surface area (Å²) in [5.74, 6) is 0.650. The Bertz CT molecular complexity index is 97.0. The number of hydrogen-bond acceptors (Lipinski definition) is 1. The fraction of sp³-hybridized carbons (Fsp3) is 0.800. The molecule has 1 unspecified atom stereocenters. The summed E-state index contributed by atoms with van der Waals surface area (Å²) >= 11 is 0. The summed E-state index contributed by atoms with van der Waals surface area (Å²) in [5.41, 5.74) is 0. The molecule has 0 aliphatic carbocycles. The van der Waals surface area contributed by atoms with Gasteiger partial charge in [-0.1, -0.05) is 27.2 Å². The minimum Gasteiger partial charge on any atom is -0.502 e. The Morgan fingerprint density at radius 2 is 2.09 bits per heavy atom. The standard InChI is InChI=1S/C10H20O/c1-4-6-8-11-9-7-10(3)5-2/h7,9-10H,4-6,8H2,1-3H3. The molecule has 0 heterocycles. The zero-order chi connectivity index (χ0) is 8.53. The van der Waals surface area contributed by atoms with Gasteiger partial charge < -0.3 is 4.74 Å². The zero-order valence-corrected chi connectivity index (χ0v) is 7.97. The van der Waals surface area contributed by atoms with Crippen LogP contribution < -0.4 is 0 Å². The number of ether oxygens (including phenoxy) is 1. The van der Waals surface area contributed by atoms with E-state index < -0.39 is 0 Å². The summed E-state index contributed by atoms with van der Waals surface area (Å²) in [5, 5.41) is 0. The highest BCUT2D eigenvalue weighted by atomic mass is 16.5. The minimum atomic E-state index is 0.650. The van der Waals surface area contributed by atoms with E-state index in [-0.39, 0.29) is 0 Å². The molecule has 0 spiro atoms. The molecule has 0 aromatic heterocycles. The Kier molecular flexibility index (Phi) is 7.33. The van der Waals surface area contributed by atoms with Gasteiger partial charge in [0.25, 0.3) is 0 Å². The molecule has 0 aliphatic heterocycles. The van der Waals surface area contributed by atoms with E-state index in [0.717, 1.165) is 13.0 Å². The second-order valence-corrected chi connectivity index (χ2v) is 2.94. The van der Waals surface area contributed by atoms with Crippen LogP contribution in [0, 0.1) is 5.92 Å². The first-order chi connectivity index (χ1) is 5.31. The van der Waals surface area contributed by atoms with Crippen molar-refractivity contribution in [2.45, 2.75) is 40.0 Å². The quantitative estimate of drug-likeness (QED) is 0.423. The van der Waals surface area contributed by atoms with Crippen LogP contribution in [-0.4, -0.2) is 6.61 Å². The minimum absolute atomic E-state index is 0.650. The smallest absolute Gasteiger partial charge is 0.0873 e. The maximum Gasteiger partial charge on any atom is 0.0873 e. The molecule has 1 nitrogen and oxygen atoms in total. The fourth-order valence-corrected chi connectivity index (χ4v) is 0.621. The molecule has 0 bridgehead atoms. The predicted molar refractivity (Wildman–Crippen MR) is 49.5 cm³/mol. The van der Waals surface area contributed by atoms with Crippen molar-refractivity contribution in [1.29, 1.82) is 0 Å². The van der Waals surface area contributed by atoms with Crippen LogP contribution in [0.3, 0.4) is 0 Å². The third kappa shape index (κ3) is 7.44. The summed E-state index contributed by atoms with van der Waals surface area (Å²) in [6.07, 6.45) is 7.51. The van der Waals surface area contributed by atoms with Gasteiger partial charge in [0, 0.05) is 0 Å². The van der Waals surface area contributed by atoms with Crippen molar-refractivity contribution < 1.29 is 4.74 Å². The second-order valence-electron chi connectivity index (χ2n) is 2.94. The van der Waals surface area contributed by atoms with Crippen LogP contribution in [0.1, 0.15) is 40.0 Å². The Labute approximate surface area is 70.4 Å². The van der Waals surface area contributed by atoms with Gasteiger partial charge in [0.05, 0.1) is 12.9 Å². The first-order valence-corrected chi connectivity index (χ1v) is 4.59. The van der Waals surface area contributed by atoms with E-state index in [1.165, 1.54) is 12.8 Å². The number of unbranched alkanes of at least 4 members (excludes halogenated alkanes) is 1. The monoisotopic (exact) mass is 156 g/mol. The molecule has 0 aliphatic rings. The highest BCUT2D eigenvalue weighted by Gasteiger charge is 1.89. The number of rotatable bonds is 6. The van der Waals surface area contributed by atoms with Crippen LogP contribution in [0.15, 0.2) is 12.3 Å². The molecule has 1 heteroatoms. The summed E-state index contributed by atoms with van der Waals surface area (Å²) in [6.45, 7) is 7.41. The molecule has 0 aromatic rings. The van der Waals surface area contributed by atoms with Crippen LogP contribution in [0.4, 0.5) is 0 Å². The van der Waals surface area contributed by atoms with Crippen LogP contribution in [0.2, 0.25) is 0 Å². The molecule has 0 N–H and O–H groups in total. The third-order valence-electron chi connectivity index (χ3n) is 1.76. The Morgan fingerprint density at radius 3 is 2.64 bits per heavy atom. The molecule has 0 amide bonds. The Balaban J connectivity index is 3.15. The lowest BCUT2D eigenvalue weighted by molar-refractivity contribution is 0.241. The molecule has 0 aromatic carbocycles. The van der Waals surface area contributed by atoms with Crippen LogP contribution in [-0.2, 0) is 4.74 Å². The second kappa shape index (κ2) is 7.64. The van der Waals surface area contributed by atoms with Gasteiger partial charge in [-0.15, -0.1) is 0 Å². The molecular weight excluding hydrogens is 136 g/mol. The Morgan fingerprint density at radius 1 is 1.36 bits per heavy atom. The van der Waals surface area contributed by atoms with Crippen LogP contribution in [0.5, 0.6) is 0 Å². The van der Waals surface area contributed by atoms with E-state index in [0.29, 0.717) is 5.92 Å². The molecule has 1 atom stereocenters. The summed E-state index contributed by atoms with van der Waals surface area (Å²) in [4.78, 5) is 0. The SMILES string of the molecule is CCCCOC=CC(C)CC. The zero-order valence-electron chi connectivity index (χ0n) is 7.97. The summed E-state index contributed by atoms with van der Waals surface area (Å²) in [6, 6.07) is 0. The van der Waals surface area contributed by atoms with E-state index in [9.17, 15) is 0 Å². The first-order valence-electron chi connectivity index (χ1n) is 4.59. The van der Waals surface area contributed by atoms with Crippen molar-refractivity contribution in [1.82, 2.24) is 0 Å². The largest absolute Gasteiger partial charge is 0.502 e. The van der Waals surface area contributed by atoms with Crippen molar-refractivity contribution in [3.63, 3.8) is 0 Å². The van der Waals surface area contributed by atoms with Crippen molar-refractivity contribution >= 4 is 0 Å². The average molecular weight is 156 g/mol. The molecule has 0 radical (unpaired) electrons. The van der Waals surface area contributed by atoms with Gasteiger partial charge in [-0.3, -0.25) is 0 Å². The van der Waals surface area contributed by atoms with Crippen LogP contribution >= 0.6 is 0 Å². The maximum atomic E-state index is 5.27. The van der Waals surface area contributed by atoms with Gasteiger partial charge in [-0.2, -0.15) is 0 Å². The van der Waals surface area contributed by atoms with E-state index in [1.54, 1.807) is 0 Å². The van der Waals surface area contributed by atoms with Gasteiger partial charge in [0.15, 0.2) is 0 Å². The molecule has 0 saturated carbocycles. The van der Waals surface area contributed by atoms with Crippen molar-refractivity contribution in [2.75, 3.05) is 6.61 Å². The maximum absolute atomic E-state index is 5.27. The molecule has 0 rings (SSSR count).